The third-order valence-corrected chi connectivity index (χ3v) is 6.65. The fourth-order valence-corrected chi connectivity index (χ4v) is 5.23. The SMILES string of the molecule is Cc1noc([C@]23C[C@H](NC(=O)c4n[nH]c5ccccc45)C[C@H]2CN(C(=O)C(C)C)C3)n1. The second-order valence-corrected chi connectivity index (χ2v) is 9.10. The van der Waals surface area contributed by atoms with Gasteiger partial charge in [-0.05, 0) is 31.7 Å². The van der Waals surface area contributed by atoms with Crippen LogP contribution >= 0.6 is 0 Å². The molecule has 9 heteroatoms. The normalized spacial score (nSPS) is 25.4. The first-order valence-electron chi connectivity index (χ1n) is 10.7. The maximum absolute atomic E-state index is 13.0. The molecule has 2 aliphatic rings. The first-order valence-corrected chi connectivity index (χ1v) is 10.7. The van der Waals surface area contributed by atoms with E-state index >= 15 is 0 Å². The summed E-state index contributed by atoms with van der Waals surface area (Å²) >= 11 is 0. The van der Waals surface area contributed by atoms with Gasteiger partial charge in [0.15, 0.2) is 11.5 Å². The minimum Gasteiger partial charge on any atom is -0.348 e. The van der Waals surface area contributed by atoms with Crippen molar-refractivity contribution in [3.63, 3.8) is 0 Å². The summed E-state index contributed by atoms with van der Waals surface area (Å²) in [6, 6.07) is 7.51. The molecule has 162 valence electrons. The van der Waals surface area contributed by atoms with Gasteiger partial charge in [0.1, 0.15) is 0 Å². The number of para-hydroxylation sites is 1. The molecular weight excluding hydrogens is 396 g/mol. The van der Waals surface area contributed by atoms with Crippen molar-refractivity contribution in [3.05, 3.63) is 41.7 Å². The first-order chi connectivity index (χ1) is 14.9. The number of aryl methyl sites for hydroxylation is 1. The average Bonchev–Trinajstić information content (AvgIpc) is 3.48. The molecule has 1 aliphatic carbocycles. The number of hydrogen-bond donors (Lipinski definition) is 2. The number of nitrogens with one attached hydrogen (secondary N) is 2. The number of rotatable bonds is 4. The first kappa shape index (κ1) is 19.7. The van der Waals surface area contributed by atoms with Crippen molar-refractivity contribution in [2.75, 3.05) is 13.1 Å². The molecule has 5 rings (SSSR count). The molecule has 1 aliphatic heterocycles. The number of likely N-dealkylation sites (tertiary alicyclic amines) is 1. The number of aromatic nitrogens is 4. The Labute approximate surface area is 179 Å². The summed E-state index contributed by atoms with van der Waals surface area (Å²) in [5.41, 5.74) is 0.792. The van der Waals surface area contributed by atoms with Crippen LogP contribution in [0.15, 0.2) is 28.8 Å². The van der Waals surface area contributed by atoms with Gasteiger partial charge in [-0.15, -0.1) is 0 Å². The maximum atomic E-state index is 13.0. The largest absolute Gasteiger partial charge is 0.348 e. The topological polar surface area (TPSA) is 117 Å². The lowest BCUT2D eigenvalue weighted by Gasteiger charge is -2.26. The van der Waals surface area contributed by atoms with Gasteiger partial charge in [-0.3, -0.25) is 14.7 Å². The number of H-pyrrole nitrogens is 1. The summed E-state index contributed by atoms with van der Waals surface area (Å²) in [6.45, 7) is 6.79. The van der Waals surface area contributed by atoms with Gasteiger partial charge in [0.2, 0.25) is 11.8 Å². The van der Waals surface area contributed by atoms with Gasteiger partial charge < -0.3 is 14.7 Å². The Morgan fingerprint density at radius 3 is 2.87 bits per heavy atom. The van der Waals surface area contributed by atoms with Crippen molar-refractivity contribution in [1.29, 1.82) is 0 Å². The number of fused-ring (bicyclic) bond motifs is 2. The van der Waals surface area contributed by atoms with E-state index < -0.39 is 5.41 Å². The fraction of sp³-hybridized carbons (Fsp3) is 0.500. The fourth-order valence-electron chi connectivity index (χ4n) is 5.23. The van der Waals surface area contributed by atoms with Crippen molar-refractivity contribution in [2.24, 2.45) is 11.8 Å². The van der Waals surface area contributed by atoms with Crippen LogP contribution in [0.5, 0.6) is 0 Å². The summed E-state index contributed by atoms with van der Waals surface area (Å²) in [4.78, 5) is 32.1. The number of aromatic amines is 1. The van der Waals surface area contributed by atoms with E-state index in [4.69, 9.17) is 4.52 Å². The highest BCUT2D eigenvalue weighted by atomic mass is 16.5. The number of benzene rings is 1. The Hall–Kier alpha value is -3.23. The predicted octanol–water partition coefficient (Wildman–Crippen LogP) is 2.20. The van der Waals surface area contributed by atoms with E-state index in [0.717, 1.165) is 17.3 Å². The summed E-state index contributed by atoms with van der Waals surface area (Å²) in [5, 5.41) is 15.1. The highest BCUT2D eigenvalue weighted by Gasteiger charge is 2.58. The van der Waals surface area contributed by atoms with Crippen LogP contribution in [0, 0.1) is 18.8 Å². The van der Waals surface area contributed by atoms with E-state index in [9.17, 15) is 9.59 Å². The monoisotopic (exact) mass is 422 g/mol. The van der Waals surface area contributed by atoms with Gasteiger partial charge in [-0.25, -0.2) is 0 Å². The Bertz CT molecular complexity index is 1150. The lowest BCUT2D eigenvalue weighted by molar-refractivity contribution is -0.133. The molecule has 1 saturated heterocycles. The molecule has 0 unspecified atom stereocenters. The molecule has 0 radical (unpaired) electrons. The van der Waals surface area contributed by atoms with Gasteiger partial charge in [-0.2, -0.15) is 10.1 Å². The van der Waals surface area contributed by atoms with Crippen molar-refractivity contribution < 1.29 is 14.1 Å². The Balaban J connectivity index is 1.39. The van der Waals surface area contributed by atoms with E-state index in [-0.39, 0.29) is 29.7 Å². The van der Waals surface area contributed by atoms with Gasteiger partial charge >= 0.3 is 0 Å². The average molecular weight is 422 g/mol. The summed E-state index contributed by atoms with van der Waals surface area (Å²) in [7, 11) is 0. The van der Waals surface area contributed by atoms with Crippen molar-refractivity contribution in [2.45, 2.75) is 45.1 Å². The third kappa shape index (κ3) is 3.19. The van der Waals surface area contributed by atoms with Crippen molar-refractivity contribution >= 4 is 22.7 Å². The van der Waals surface area contributed by atoms with Crippen molar-refractivity contribution in [1.82, 2.24) is 30.6 Å². The Morgan fingerprint density at radius 1 is 1.32 bits per heavy atom. The third-order valence-electron chi connectivity index (χ3n) is 6.65. The van der Waals surface area contributed by atoms with Crippen LogP contribution in [0.25, 0.3) is 10.9 Å². The molecule has 2 aromatic heterocycles. The Kier molecular flexibility index (Phi) is 4.56. The molecule has 1 aromatic carbocycles. The Morgan fingerprint density at radius 2 is 2.13 bits per heavy atom. The quantitative estimate of drug-likeness (QED) is 0.666. The molecule has 0 bridgehead atoms. The highest BCUT2D eigenvalue weighted by Crippen LogP contribution is 2.50. The molecule has 2 N–H and O–H groups in total. The molecule has 2 fully saturated rings. The minimum absolute atomic E-state index is 0.0588. The van der Waals surface area contributed by atoms with Gasteiger partial charge in [0, 0.05) is 30.4 Å². The van der Waals surface area contributed by atoms with Crippen LogP contribution in [-0.4, -0.2) is 56.2 Å². The van der Waals surface area contributed by atoms with Crippen LogP contribution in [-0.2, 0) is 10.2 Å². The standard InChI is InChI=1S/C22H26N6O3/c1-12(2)20(30)28-10-14-8-15(9-22(14,11-28)21-23-13(3)27-31-21)24-19(29)18-16-6-4-5-7-17(16)25-26-18/h4-7,12,14-15H,8-11H2,1-3H3,(H,24,29)(H,25,26)/t14-,15+,22-/m0/s1. The van der Waals surface area contributed by atoms with Crippen LogP contribution in [0.1, 0.15) is 48.9 Å². The van der Waals surface area contributed by atoms with E-state index in [1.54, 1.807) is 6.92 Å². The molecule has 2 amide bonds. The zero-order valence-corrected chi connectivity index (χ0v) is 17.9. The van der Waals surface area contributed by atoms with Gasteiger partial charge in [0.25, 0.3) is 5.91 Å². The zero-order valence-electron chi connectivity index (χ0n) is 17.9. The summed E-state index contributed by atoms with van der Waals surface area (Å²) < 4.78 is 5.60. The molecular formula is C22H26N6O3. The smallest absolute Gasteiger partial charge is 0.272 e. The van der Waals surface area contributed by atoms with Crippen LogP contribution < -0.4 is 5.32 Å². The second kappa shape index (κ2) is 7.18. The predicted molar refractivity (Wildman–Crippen MR) is 112 cm³/mol. The minimum atomic E-state index is -0.433. The number of hydrogen-bond acceptors (Lipinski definition) is 6. The van der Waals surface area contributed by atoms with Crippen LogP contribution in [0.2, 0.25) is 0 Å². The molecule has 9 nitrogen and oxygen atoms in total. The summed E-state index contributed by atoms with van der Waals surface area (Å²) in [6.07, 6.45) is 1.40. The number of nitrogens with zero attached hydrogens (tertiary/aromatic N) is 4. The maximum Gasteiger partial charge on any atom is 0.272 e. The van der Waals surface area contributed by atoms with Crippen molar-refractivity contribution in [3.8, 4) is 0 Å². The lowest BCUT2D eigenvalue weighted by Crippen LogP contribution is -2.40. The van der Waals surface area contributed by atoms with E-state index in [1.807, 2.05) is 43.0 Å². The van der Waals surface area contributed by atoms with E-state index in [1.165, 1.54) is 0 Å². The number of amides is 2. The molecule has 3 heterocycles. The van der Waals surface area contributed by atoms with E-state index in [0.29, 0.717) is 36.9 Å². The molecule has 31 heavy (non-hydrogen) atoms. The van der Waals surface area contributed by atoms with E-state index in [2.05, 4.69) is 25.7 Å². The van der Waals surface area contributed by atoms with Crippen LogP contribution in [0.4, 0.5) is 0 Å². The van der Waals surface area contributed by atoms with Gasteiger partial charge in [0.05, 0.1) is 10.9 Å². The second-order valence-electron chi connectivity index (χ2n) is 9.10. The lowest BCUT2D eigenvalue weighted by atomic mass is 9.80. The molecule has 3 aromatic rings. The molecule has 3 atom stereocenters. The molecule has 1 saturated carbocycles. The number of carbonyl (C=O) groups excluding carboxylic acids is 2. The summed E-state index contributed by atoms with van der Waals surface area (Å²) in [5.74, 6) is 1.16. The molecule has 0 spiro atoms. The van der Waals surface area contributed by atoms with Crippen LogP contribution in [0.3, 0.4) is 0 Å². The highest BCUT2D eigenvalue weighted by molar-refractivity contribution is 6.04. The zero-order chi connectivity index (χ0) is 21.8. The van der Waals surface area contributed by atoms with Gasteiger partial charge in [-0.1, -0.05) is 37.2 Å². The number of carbonyl (C=O) groups is 2.